The summed E-state index contributed by atoms with van der Waals surface area (Å²) in [4.78, 5) is 19.3. The number of benzene rings is 1. The summed E-state index contributed by atoms with van der Waals surface area (Å²) < 4.78 is 9.77. The summed E-state index contributed by atoms with van der Waals surface area (Å²) >= 11 is 1.38. The van der Waals surface area contributed by atoms with Crippen molar-refractivity contribution in [1.82, 2.24) is 14.7 Å². The monoisotopic (exact) mass is 374 g/mol. The second-order valence-corrected chi connectivity index (χ2v) is 7.25. The van der Waals surface area contributed by atoms with E-state index < -0.39 is 0 Å². The van der Waals surface area contributed by atoms with E-state index in [2.05, 4.69) is 26.5 Å². The minimum absolute atomic E-state index is 0.112. The zero-order valence-electron chi connectivity index (χ0n) is 15.4. The maximum atomic E-state index is 12.5. The molecule has 0 saturated carbocycles. The van der Waals surface area contributed by atoms with Crippen LogP contribution < -0.4 is 15.0 Å². The van der Waals surface area contributed by atoms with Gasteiger partial charge in [-0.05, 0) is 37.0 Å². The topological polar surface area (TPSA) is 67.4 Å². The second-order valence-electron chi connectivity index (χ2n) is 6.52. The molecule has 3 rings (SSSR count). The highest BCUT2D eigenvalue weighted by atomic mass is 32.1. The van der Waals surface area contributed by atoms with Gasteiger partial charge in [-0.3, -0.25) is 4.79 Å². The van der Waals surface area contributed by atoms with Gasteiger partial charge in [-0.1, -0.05) is 25.5 Å². The first-order valence-corrected chi connectivity index (χ1v) is 9.98. The molecule has 1 N–H and O–H groups in total. The summed E-state index contributed by atoms with van der Waals surface area (Å²) in [7, 11) is 1.66. The van der Waals surface area contributed by atoms with Crippen LogP contribution in [0, 0.1) is 0 Å². The van der Waals surface area contributed by atoms with Crippen LogP contribution in [0.4, 0.5) is 5.13 Å². The number of aromatic nitrogens is 2. The number of carbonyl (C=O) groups is 1. The van der Waals surface area contributed by atoms with Crippen LogP contribution in [0.5, 0.6) is 5.75 Å². The van der Waals surface area contributed by atoms with Gasteiger partial charge in [0.05, 0.1) is 7.11 Å². The average molecular weight is 375 g/mol. The predicted molar refractivity (Wildman–Crippen MR) is 104 cm³/mol. The Kier molecular flexibility index (Phi) is 6.44. The molecule has 2 heterocycles. The Morgan fingerprint density at radius 3 is 3.15 bits per heavy atom. The Bertz CT molecular complexity index is 734. The van der Waals surface area contributed by atoms with E-state index in [1.807, 2.05) is 24.3 Å². The highest BCUT2D eigenvalue weighted by Crippen LogP contribution is 2.28. The van der Waals surface area contributed by atoms with E-state index in [0.717, 1.165) is 61.0 Å². The third kappa shape index (κ3) is 4.52. The van der Waals surface area contributed by atoms with Crippen LogP contribution in [0.1, 0.15) is 44.0 Å². The Hall–Kier alpha value is -2.15. The van der Waals surface area contributed by atoms with Crippen LogP contribution >= 0.6 is 11.5 Å². The fraction of sp³-hybridized carbons (Fsp3) is 0.526. The number of ether oxygens (including phenoxy) is 1. The van der Waals surface area contributed by atoms with Crippen LogP contribution in [-0.2, 0) is 11.2 Å². The molecule has 2 aromatic rings. The fourth-order valence-electron chi connectivity index (χ4n) is 3.17. The van der Waals surface area contributed by atoms with Gasteiger partial charge in [0.1, 0.15) is 17.6 Å². The van der Waals surface area contributed by atoms with E-state index in [1.54, 1.807) is 7.11 Å². The molecule has 1 atom stereocenters. The molecule has 0 radical (unpaired) electrons. The number of nitrogens with one attached hydrogen (secondary N) is 1. The molecule has 1 aliphatic rings. The smallest absolute Gasteiger partial charge is 0.242 e. The molecule has 1 aliphatic heterocycles. The van der Waals surface area contributed by atoms with Crippen LogP contribution in [0.15, 0.2) is 24.3 Å². The van der Waals surface area contributed by atoms with Crippen LogP contribution in [-0.4, -0.2) is 41.5 Å². The molecule has 26 heavy (non-hydrogen) atoms. The van der Waals surface area contributed by atoms with Crippen LogP contribution in [0.25, 0.3) is 0 Å². The van der Waals surface area contributed by atoms with E-state index in [1.165, 1.54) is 11.5 Å². The quantitative estimate of drug-likeness (QED) is 0.720. The standard InChI is InChI=1S/C19H26N4O2S/c1-3-4-10-20-18(24)16-9-6-11-23(16)19-21-17(22-26-19)13-14-7-5-8-15(12-14)25-2/h5,7-8,12,16H,3-4,6,9-11,13H2,1-2H3,(H,20,24). The summed E-state index contributed by atoms with van der Waals surface area (Å²) in [5.41, 5.74) is 1.11. The van der Waals surface area contributed by atoms with Gasteiger partial charge in [0.2, 0.25) is 11.0 Å². The number of anilines is 1. The van der Waals surface area contributed by atoms with Crippen molar-refractivity contribution in [3.8, 4) is 5.75 Å². The molecule has 0 bridgehead atoms. The fourth-order valence-corrected chi connectivity index (χ4v) is 3.93. The van der Waals surface area contributed by atoms with Crippen LogP contribution in [0.2, 0.25) is 0 Å². The van der Waals surface area contributed by atoms with Gasteiger partial charge >= 0.3 is 0 Å². The van der Waals surface area contributed by atoms with Crippen molar-refractivity contribution in [2.75, 3.05) is 25.1 Å². The highest BCUT2D eigenvalue weighted by molar-refractivity contribution is 7.09. The van der Waals surface area contributed by atoms with E-state index in [4.69, 9.17) is 4.74 Å². The number of amides is 1. The second kappa shape index (κ2) is 8.98. The van der Waals surface area contributed by atoms with E-state index >= 15 is 0 Å². The highest BCUT2D eigenvalue weighted by Gasteiger charge is 2.32. The molecular formula is C19H26N4O2S. The van der Waals surface area contributed by atoms with Gasteiger partial charge in [-0.2, -0.15) is 4.37 Å². The zero-order chi connectivity index (χ0) is 18.4. The van der Waals surface area contributed by atoms with Crippen molar-refractivity contribution in [1.29, 1.82) is 0 Å². The predicted octanol–water partition coefficient (Wildman–Crippen LogP) is 3.02. The summed E-state index contributed by atoms with van der Waals surface area (Å²) in [6, 6.07) is 7.82. The Labute approximate surface area is 158 Å². The Morgan fingerprint density at radius 1 is 1.46 bits per heavy atom. The number of methoxy groups -OCH3 is 1. The van der Waals surface area contributed by atoms with Crippen molar-refractivity contribution in [2.24, 2.45) is 0 Å². The van der Waals surface area contributed by atoms with E-state index in [0.29, 0.717) is 6.42 Å². The lowest BCUT2D eigenvalue weighted by Crippen LogP contribution is -2.43. The Morgan fingerprint density at radius 2 is 2.35 bits per heavy atom. The first-order chi connectivity index (χ1) is 12.7. The molecule has 1 fully saturated rings. The molecule has 7 heteroatoms. The van der Waals surface area contributed by atoms with Gasteiger partial charge in [0.25, 0.3) is 0 Å². The molecule has 0 aliphatic carbocycles. The molecule has 6 nitrogen and oxygen atoms in total. The first-order valence-electron chi connectivity index (χ1n) is 9.21. The lowest BCUT2D eigenvalue weighted by atomic mass is 10.1. The summed E-state index contributed by atoms with van der Waals surface area (Å²) in [5, 5.41) is 3.89. The third-order valence-electron chi connectivity index (χ3n) is 4.58. The SMILES string of the molecule is CCCCNC(=O)C1CCCN1c1nc(Cc2cccc(OC)c2)ns1. The molecule has 1 saturated heterocycles. The van der Waals surface area contributed by atoms with Gasteiger partial charge in [-0.15, -0.1) is 0 Å². The number of hydrogen-bond acceptors (Lipinski definition) is 6. The molecule has 1 aromatic heterocycles. The molecule has 0 spiro atoms. The molecule has 1 amide bonds. The van der Waals surface area contributed by atoms with Crippen molar-refractivity contribution in [2.45, 2.75) is 45.1 Å². The van der Waals surface area contributed by atoms with E-state index in [9.17, 15) is 4.79 Å². The summed E-state index contributed by atoms with van der Waals surface area (Å²) in [5.74, 6) is 1.73. The van der Waals surface area contributed by atoms with Crippen molar-refractivity contribution >= 4 is 22.6 Å². The van der Waals surface area contributed by atoms with Crippen molar-refractivity contribution < 1.29 is 9.53 Å². The number of unbranched alkanes of at least 4 members (excludes halogenated alkanes) is 1. The van der Waals surface area contributed by atoms with E-state index in [-0.39, 0.29) is 11.9 Å². The summed E-state index contributed by atoms with van der Waals surface area (Å²) in [6.07, 6.45) is 4.65. The Balaban J connectivity index is 1.65. The molecule has 140 valence electrons. The molecule has 1 aromatic carbocycles. The molecular weight excluding hydrogens is 348 g/mol. The van der Waals surface area contributed by atoms with Crippen molar-refractivity contribution in [3.05, 3.63) is 35.7 Å². The maximum Gasteiger partial charge on any atom is 0.242 e. The van der Waals surface area contributed by atoms with Gasteiger partial charge < -0.3 is 15.0 Å². The van der Waals surface area contributed by atoms with Crippen LogP contribution in [0.3, 0.4) is 0 Å². The minimum Gasteiger partial charge on any atom is -0.497 e. The summed E-state index contributed by atoms with van der Waals surface area (Å²) in [6.45, 7) is 3.73. The zero-order valence-corrected chi connectivity index (χ0v) is 16.2. The minimum atomic E-state index is -0.121. The lowest BCUT2D eigenvalue weighted by Gasteiger charge is -2.22. The number of nitrogens with zero attached hydrogens (tertiary/aromatic N) is 3. The number of carbonyl (C=O) groups excluding carboxylic acids is 1. The largest absolute Gasteiger partial charge is 0.497 e. The average Bonchev–Trinajstić information content (AvgIpc) is 3.31. The van der Waals surface area contributed by atoms with Gasteiger partial charge in [0.15, 0.2) is 0 Å². The lowest BCUT2D eigenvalue weighted by molar-refractivity contribution is -0.122. The van der Waals surface area contributed by atoms with Gasteiger partial charge in [0, 0.05) is 31.0 Å². The third-order valence-corrected chi connectivity index (χ3v) is 5.38. The normalized spacial score (nSPS) is 16.7. The number of rotatable bonds is 8. The number of hydrogen-bond donors (Lipinski definition) is 1. The van der Waals surface area contributed by atoms with Gasteiger partial charge in [-0.25, -0.2) is 4.98 Å². The maximum absolute atomic E-state index is 12.5. The first kappa shape index (κ1) is 18.6. The van der Waals surface area contributed by atoms with Crippen molar-refractivity contribution in [3.63, 3.8) is 0 Å². The molecule has 1 unspecified atom stereocenters.